The maximum Gasteiger partial charge on any atom is 0.230 e. The first-order chi connectivity index (χ1) is 10.3. The van der Waals surface area contributed by atoms with Crippen LogP contribution in [0.25, 0.3) is 0 Å². The van der Waals surface area contributed by atoms with Crippen LogP contribution in [0.15, 0.2) is 36.5 Å². The van der Waals surface area contributed by atoms with Crippen molar-refractivity contribution >= 4 is 11.6 Å². The molecule has 5 nitrogen and oxygen atoms in total. The van der Waals surface area contributed by atoms with Gasteiger partial charge in [0.05, 0.1) is 6.61 Å². The third-order valence-corrected chi connectivity index (χ3v) is 2.94. The van der Waals surface area contributed by atoms with Gasteiger partial charge < -0.3 is 15.8 Å². The number of hydrogen-bond donors (Lipinski definition) is 2. The average Bonchev–Trinajstić information content (AvgIpc) is 2.52. The van der Waals surface area contributed by atoms with Crippen molar-refractivity contribution in [1.82, 2.24) is 9.97 Å². The summed E-state index contributed by atoms with van der Waals surface area (Å²) in [5.74, 6) is 1.13. The van der Waals surface area contributed by atoms with Crippen LogP contribution < -0.4 is 15.8 Å². The van der Waals surface area contributed by atoms with Gasteiger partial charge in [-0.25, -0.2) is 4.98 Å². The highest BCUT2D eigenvalue weighted by Gasteiger charge is 2.02. The van der Waals surface area contributed by atoms with Crippen LogP contribution in [0.1, 0.15) is 25.3 Å². The number of benzene rings is 1. The normalized spacial score (nSPS) is 10.4. The second kappa shape index (κ2) is 8.21. The van der Waals surface area contributed by atoms with Gasteiger partial charge in [0.1, 0.15) is 0 Å². The summed E-state index contributed by atoms with van der Waals surface area (Å²) in [6.07, 6.45) is 4.61. The van der Waals surface area contributed by atoms with Crippen molar-refractivity contribution in [3.8, 4) is 5.88 Å². The smallest absolute Gasteiger partial charge is 0.230 e. The summed E-state index contributed by atoms with van der Waals surface area (Å²) in [7, 11) is 0. The molecule has 0 aliphatic rings. The van der Waals surface area contributed by atoms with Gasteiger partial charge in [0.25, 0.3) is 0 Å². The molecule has 0 aliphatic heterocycles. The van der Waals surface area contributed by atoms with Crippen LogP contribution in [0, 0.1) is 0 Å². The fraction of sp³-hybridized carbons (Fsp3) is 0.375. The summed E-state index contributed by atoms with van der Waals surface area (Å²) in [4.78, 5) is 8.55. The first kappa shape index (κ1) is 15.3. The molecule has 1 aromatic heterocycles. The molecule has 21 heavy (non-hydrogen) atoms. The minimum atomic E-state index is 0.541. The monoisotopic (exact) mass is 286 g/mol. The van der Waals surface area contributed by atoms with Crippen molar-refractivity contribution in [3.05, 3.63) is 42.1 Å². The molecule has 1 heterocycles. The van der Waals surface area contributed by atoms with Crippen molar-refractivity contribution in [3.63, 3.8) is 0 Å². The number of nitrogens with zero attached hydrogens (tertiary/aromatic N) is 2. The lowest BCUT2D eigenvalue weighted by atomic mass is 10.1. The Bertz CT molecular complexity index is 510. The first-order valence-corrected chi connectivity index (χ1v) is 7.33. The Morgan fingerprint density at radius 2 is 2.19 bits per heavy atom. The maximum absolute atomic E-state index is 5.55. The molecule has 2 aromatic rings. The lowest BCUT2D eigenvalue weighted by Gasteiger charge is -2.08. The number of rotatable bonds is 8. The number of ether oxygens (including phenoxy) is 1. The third kappa shape index (κ3) is 5.04. The Hall–Kier alpha value is -2.14. The topological polar surface area (TPSA) is 73.1 Å². The van der Waals surface area contributed by atoms with Crippen LogP contribution >= 0.6 is 0 Å². The van der Waals surface area contributed by atoms with E-state index in [1.807, 2.05) is 12.1 Å². The van der Waals surface area contributed by atoms with Crippen LogP contribution in [-0.2, 0) is 6.42 Å². The van der Waals surface area contributed by atoms with Crippen LogP contribution in [-0.4, -0.2) is 23.1 Å². The van der Waals surface area contributed by atoms with Crippen LogP contribution in [0.3, 0.4) is 0 Å². The quantitative estimate of drug-likeness (QED) is 0.780. The minimum absolute atomic E-state index is 0.541. The van der Waals surface area contributed by atoms with E-state index < -0.39 is 0 Å². The highest BCUT2D eigenvalue weighted by Crippen LogP contribution is 2.17. The minimum Gasteiger partial charge on any atom is -0.478 e. The number of aryl methyl sites for hydroxylation is 1. The molecule has 0 amide bonds. The molecule has 0 atom stereocenters. The molecular formula is C16H22N4O. The number of anilines is 2. The van der Waals surface area contributed by atoms with E-state index in [0.29, 0.717) is 25.0 Å². The van der Waals surface area contributed by atoms with E-state index in [4.69, 9.17) is 10.5 Å². The molecule has 0 aliphatic carbocycles. The summed E-state index contributed by atoms with van der Waals surface area (Å²) < 4.78 is 5.51. The van der Waals surface area contributed by atoms with Crippen molar-refractivity contribution < 1.29 is 4.74 Å². The third-order valence-electron chi connectivity index (χ3n) is 2.94. The van der Waals surface area contributed by atoms with E-state index >= 15 is 0 Å². The van der Waals surface area contributed by atoms with Gasteiger partial charge >= 0.3 is 0 Å². The highest BCUT2D eigenvalue weighted by molar-refractivity contribution is 5.54. The Labute approximate surface area is 125 Å². The van der Waals surface area contributed by atoms with Crippen LogP contribution in [0.5, 0.6) is 5.88 Å². The van der Waals surface area contributed by atoms with Crippen LogP contribution in [0.4, 0.5) is 11.6 Å². The van der Waals surface area contributed by atoms with Gasteiger partial charge in [0.2, 0.25) is 11.8 Å². The zero-order chi connectivity index (χ0) is 14.9. The Kier molecular flexibility index (Phi) is 5.97. The molecule has 1 aromatic carbocycles. The highest BCUT2D eigenvalue weighted by atomic mass is 16.5. The summed E-state index contributed by atoms with van der Waals surface area (Å²) in [5, 5.41) is 3.20. The van der Waals surface area contributed by atoms with E-state index in [0.717, 1.165) is 24.9 Å². The molecule has 3 N–H and O–H groups in total. The largest absolute Gasteiger partial charge is 0.478 e. The lowest BCUT2D eigenvalue weighted by Crippen LogP contribution is -2.02. The molecule has 112 valence electrons. The second-order valence-corrected chi connectivity index (χ2v) is 4.78. The van der Waals surface area contributed by atoms with Crippen molar-refractivity contribution in [1.29, 1.82) is 0 Å². The predicted octanol–water partition coefficient (Wildman–Crippen LogP) is 2.90. The fourth-order valence-corrected chi connectivity index (χ4v) is 1.93. The molecule has 0 radical (unpaired) electrons. The van der Waals surface area contributed by atoms with Crippen molar-refractivity contribution in [2.45, 2.75) is 26.2 Å². The van der Waals surface area contributed by atoms with E-state index in [1.165, 1.54) is 5.56 Å². The summed E-state index contributed by atoms with van der Waals surface area (Å²) in [5.41, 5.74) is 7.77. The summed E-state index contributed by atoms with van der Waals surface area (Å²) in [6, 6.07) is 9.97. The molecule has 2 rings (SSSR count). The van der Waals surface area contributed by atoms with E-state index in [9.17, 15) is 0 Å². The van der Waals surface area contributed by atoms with Gasteiger partial charge in [-0.3, -0.25) is 0 Å². The van der Waals surface area contributed by atoms with Gasteiger partial charge in [-0.1, -0.05) is 19.1 Å². The molecule has 0 unspecified atom stereocenters. The summed E-state index contributed by atoms with van der Waals surface area (Å²) in [6.45, 7) is 3.43. The SMILES string of the molecule is CCCOc1ccnc(Nc2cccc(CCCN)c2)n1. The van der Waals surface area contributed by atoms with Crippen LogP contribution in [0.2, 0.25) is 0 Å². The van der Waals surface area contributed by atoms with Crippen molar-refractivity contribution in [2.75, 3.05) is 18.5 Å². The summed E-state index contributed by atoms with van der Waals surface area (Å²) >= 11 is 0. The van der Waals surface area contributed by atoms with E-state index in [1.54, 1.807) is 12.3 Å². The molecule has 0 spiro atoms. The Morgan fingerprint density at radius 1 is 1.29 bits per heavy atom. The molecule has 0 saturated carbocycles. The predicted molar refractivity (Wildman–Crippen MR) is 84.9 cm³/mol. The van der Waals surface area contributed by atoms with E-state index in [2.05, 4.69) is 34.3 Å². The zero-order valence-corrected chi connectivity index (χ0v) is 12.4. The Balaban J connectivity index is 2.03. The van der Waals surface area contributed by atoms with Gasteiger partial charge in [-0.15, -0.1) is 0 Å². The Morgan fingerprint density at radius 3 is 3.00 bits per heavy atom. The average molecular weight is 286 g/mol. The molecular weight excluding hydrogens is 264 g/mol. The van der Waals surface area contributed by atoms with Crippen molar-refractivity contribution in [2.24, 2.45) is 5.73 Å². The fourth-order valence-electron chi connectivity index (χ4n) is 1.93. The molecule has 0 bridgehead atoms. The van der Waals surface area contributed by atoms with Gasteiger partial charge in [-0.05, 0) is 43.5 Å². The zero-order valence-electron chi connectivity index (χ0n) is 12.4. The maximum atomic E-state index is 5.55. The van der Waals surface area contributed by atoms with Gasteiger partial charge in [0, 0.05) is 18.0 Å². The number of nitrogens with one attached hydrogen (secondary N) is 1. The molecule has 0 fully saturated rings. The molecule has 5 heteroatoms. The number of aromatic nitrogens is 2. The second-order valence-electron chi connectivity index (χ2n) is 4.78. The first-order valence-electron chi connectivity index (χ1n) is 7.33. The lowest BCUT2D eigenvalue weighted by molar-refractivity contribution is 0.305. The van der Waals surface area contributed by atoms with Gasteiger partial charge in [0.15, 0.2) is 0 Å². The van der Waals surface area contributed by atoms with Gasteiger partial charge in [-0.2, -0.15) is 4.98 Å². The number of nitrogens with two attached hydrogens (primary N) is 1. The van der Waals surface area contributed by atoms with E-state index in [-0.39, 0.29) is 0 Å². The number of hydrogen-bond acceptors (Lipinski definition) is 5. The molecule has 0 saturated heterocycles. The standard InChI is InChI=1S/C16H22N4O/c1-2-11-21-15-8-10-18-16(20-15)19-14-7-3-5-13(12-14)6-4-9-17/h3,5,7-8,10,12H,2,4,6,9,11,17H2,1H3,(H,18,19,20).